The quantitative estimate of drug-likeness (QED) is 0.0372. The van der Waals surface area contributed by atoms with Crippen molar-refractivity contribution in [3.8, 4) is 0 Å². The molecule has 1 saturated carbocycles. The molecule has 0 spiro atoms. The monoisotopic (exact) mass is 924 g/mol. The molecule has 1 fully saturated rings. The number of carbonyl (C=O) groups excluding carboxylic acids is 2. The molecule has 9 heteroatoms. The minimum Gasteiger partial charge on any atom is -0.469 e. The number of Topliss-reactive ketones (excluding diaryl/α,β-unsaturated/α-hetero) is 1. The number of allylic oxidation sites excluding steroid dienone is 2. The van der Waals surface area contributed by atoms with E-state index in [1.54, 1.807) is 11.3 Å². The van der Waals surface area contributed by atoms with Crippen LogP contribution in [0.15, 0.2) is 164 Å². The number of methoxy groups -OCH3 is 1. The summed E-state index contributed by atoms with van der Waals surface area (Å²) in [6, 6.07) is 52.2. The summed E-state index contributed by atoms with van der Waals surface area (Å²) < 4.78 is 40.3. The van der Waals surface area contributed by atoms with Crippen LogP contribution in [0.5, 0.6) is 0 Å². The van der Waals surface area contributed by atoms with Gasteiger partial charge in [-0.2, -0.15) is 0 Å². The normalized spacial score (nSPS) is 18.3. The van der Waals surface area contributed by atoms with Gasteiger partial charge in [0.2, 0.25) is 0 Å². The van der Waals surface area contributed by atoms with Gasteiger partial charge in [-0.25, -0.2) is 4.39 Å². The summed E-state index contributed by atoms with van der Waals surface area (Å²) in [5, 5.41) is 4.70. The highest BCUT2D eigenvalue weighted by atomic mass is 32.1. The number of benzene rings is 5. The molecule has 340 valence electrons. The van der Waals surface area contributed by atoms with E-state index in [1.165, 1.54) is 7.11 Å². The topological polar surface area (TPSA) is 61.8 Å². The molecule has 0 radical (unpaired) electrons. The van der Waals surface area contributed by atoms with Crippen molar-refractivity contribution in [3.63, 3.8) is 0 Å². The first kappa shape index (κ1) is 48.2. The summed E-state index contributed by atoms with van der Waals surface area (Å²) in [4.78, 5) is 27.3. The lowest BCUT2D eigenvalue weighted by Gasteiger charge is -2.46. The molecular weight excluding hydrogens is 860 g/mol. The number of fused-ring (bicyclic) bond motifs is 1. The first-order valence-corrected chi connectivity index (χ1v) is 27.8. The summed E-state index contributed by atoms with van der Waals surface area (Å²) in [6.07, 6.45) is 3.51. The molecular formula is C56H65FO5SSi2. The Balaban J connectivity index is 1.35. The fraction of sp³-hybridized carbons (Fsp3) is 0.357. The molecule has 0 aliphatic heterocycles. The number of ketones is 1. The van der Waals surface area contributed by atoms with Gasteiger partial charge in [-0.3, -0.25) is 9.59 Å². The van der Waals surface area contributed by atoms with E-state index >= 15 is 4.39 Å². The largest absolute Gasteiger partial charge is 0.469 e. The van der Waals surface area contributed by atoms with Crippen LogP contribution in [0, 0.1) is 11.8 Å². The number of unbranched alkanes of at least 4 members (excludes halogenated alkanes) is 1. The molecule has 65 heavy (non-hydrogen) atoms. The minimum absolute atomic E-state index is 0.0760. The second-order valence-electron chi connectivity index (χ2n) is 19.6. The molecule has 0 saturated heterocycles. The zero-order valence-electron chi connectivity index (χ0n) is 39.0. The third-order valence-corrected chi connectivity index (χ3v) is 24.6. The highest BCUT2D eigenvalue weighted by Crippen LogP contribution is 2.48. The van der Waals surface area contributed by atoms with Gasteiger partial charge in [0.1, 0.15) is 18.1 Å². The van der Waals surface area contributed by atoms with Crippen molar-refractivity contribution < 1.29 is 27.6 Å². The van der Waals surface area contributed by atoms with E-state index in [0.29, 0.717) is 25.7 Å². The van der Waals surface area contributed by atoms with Gasteiger partial charge < -0.3 is 13.6 Å². The van der Waals surface area contributed by atoms with E-state index in [2.05, 4.69) is 157 Å². The van der Waals surface area contributed by atoms with Crippen LogP contribution in [-0.4, -0.2) is 47.8 Å². The van der Waals surface area contributed by atoms with Gasteiger partial charge in [-0.1, -0.05) is 193 Å². The summed E-state index contributed by atoms with van der Waals surface area (Å²) in [6.45, 7) is 13.4. The number of esters is 1. The van der Waals surface area contributed by atoms with Gasteiger partial charge in [0.15, 0.2) is 0 Å². The van der Waals surface area contributed by atoms with Crippen molar-refractivity contribution in [2.24, 2.45) is 11.8 Å². The summed E-state index contributed by atoms with van der Waals surface area (Å²) in [5.41, 5.74) is 0. The Morgan fingerprint density at radius 2 is 1.22 bits per heavy atom. The predicted octanol–water partition coefficient (Wildman–Crippen LogP) is 11.7. The Hall–Kier alpha value is -4.78. The first-order valence-electron chi connectivity index (χ1n) is 23.1. The molecule has 1 aliphatic rings. The predicted molar refractivity (Wildman–Crippen MR) is 272 cm³/mol. The van der Waals surface area contributed by atoms with Gasteiger partial charge in [-0.15, -0.1) is 11.3 Å². The molecule has 5 nitrogen and oxygen atoms in total. The van der Waals surface area contributed by atoms with Crippen molar-refractivity contribution in [1.29, 1.82) is 0 Å². The number of hydrogen-bond acceptors (Lipinski definition) is 6. The molecule has 7 rings (SSSR count). The molecule has 6 aromatic rings. The van der Waals surface area contributed by atoms with Gasteiger partial charge in [0.05, 0.1) is 13.2 Å². The lowest BCUT2D eigenvalue weighted by Crippen LogP contribution is -2.68. The Kier molecular flexibility index (Phi) is 15.4. The van der Waals surface area contributed by atoms with Crippen LogP contribution in [-0.2, 0) is 23.2 Å². The van der Waals surface area contributed by atoms with E-state index in [-0.39, 0.29) is 29.6 Å². The Bertz CT molecular complexity index is 2390. The number of alkyl halides is 1. The average Bonchev–Trinajstić information content (AvgIpc) is 3.86. The second-order valence-corrected chi connectivity index (χ2v) is 29.2. The molecule has 0 amide bonds. The fourth-order valence-corrected chi connectivity index (χ4v) is 20.8. The number of halogens is 1. The van der Waals surface area contributed by atoms with Crippen molar-refractivity contribution in [1.82, 2.24) is 0 Å². The molecule has 2 unspecified atom stereocenters. The van der Waals surface area contributed by atoms with E-state index in [0.717, 1.165) is 35.7 Å². The molecule has 1 heterocycles. The third-order valence-electron chi connectivity index (χ3n) is 13.4. The van der Waals surface area contributed by atoms with Crippen LogP contribution in [0.1, 0.15) is 91.0 Å². The molecule has 1 aliphatic carbocycles. The van der Waals surface area contributed by atoms with E-state index in [4.69, 9.17) is 13.6 Å². The molecule has 0 N–H and O–H groups in total. The van der Waals surface area contributed by atoms with Gasteiger partial charge >= 0.3 is 5.97 Å². The summed E-state index contributed by atoms with van der Waals surface area (Å²) in [7, 11) is -5.03. The van der Waals surface area contributed by atoms with Gasteiger partial charge in [0, 0.05) is 28.3 Å². The number of carbonyl (C=O) groups is 2. The Morgan fingerprint density at radius 3 is 1.71 bits per heavy atom. The van der Waals surface area contributed by atoms with E-state index < -0.39 is 51.9 Å². The highest BCUT2D eigenvalue weighted by Gasteiger charge is 2.57. The third kappa shape index (κ3) is 10.3. The van der Waals surface area contributed by atoms with Crippen LogP contribution < -0.4 is 20.7 Å². The maximum absolute atomic E-state index is 18.8. The van der Waals surface area contributed by atoms with Crippen molar-refractivity contribution in [2.75, 3.05) is 7.11 Å². The Labute approximate surface area is 392 Å². The molecule has 5 aromatic carbocycles. The summed E-state index contributed by atoms with van der Waals surface area (Å²) in [5.74, 6) is -1.06. The number of hydrogen-bond donors (Lipinski definition) is 0. The number of rotatable bonds is 18. The smallest absolute Gasteiger partial charge is 0.305 e. The zero-order chi connectivity index (χ0) is 46.2. The number of ether oxygens (including phenoxy) is 1. The van der Waals surface area contributed by atoms with Gasteiger partial charge in [-0.05, 0) is 79.9 Å². The summed E-state index contributed by atoms with van der Waals surface area (Å²) >= 11 is 1.59. The molecule has 5 atom stereocenters. The number of thiophene rings is 1. The van der Waals surface area contributed by atoms with Crippen molar-refractivity contribution >= 4 is 70.6 Å². The second kappa shape index (κ2) is 20.8. The first-order chi connectivity index (χ1) is 31.2. The Morgan fingerprint density at radius 1 is 0.723 bits per heavy atom. The van der Waals surface area contributed by atoms with E-state index in [9.17, 15) is 9.59 Å². The van der Waals surface area contributed by atoms with Gasteiger partial charge in [0.25, 0.3) is 16.6 Å². The van der Waals surface area contributed by atoms with Crippen LogP contribution in [0.25, 0.3) is 10.1 Å². The average molecular weight is 925 g/mol. The van der Waals surface area contributed by atoms with Crippen LogP contribution >= 0.6 is 11.3 Å². The standard InChI is InChI=1S/C56H65FO5SSi2/c1-55(2,3)64(42-27-14-10-15-28-42,43-29-16-11-17-30-43)61-50-40-49(58)46(35-22-8-9-23-37-53(59)60-7)47(50)39-48(57)54(52-38-41-26-24-25-36-51(41)63-52)62-65(56(4,5)6,44-31-18-12-19-32-44)45-33-20-13-21-34-45/h8,10-22,24-34,36,38,46-48,50,54H,9,23,35,37,39-40H2,1-7H3/t46-,47+,48?,50-,54?/m1/s1. The lowest BCUT2D eigenvalue weighted by molar-refractivity contribution is -0.140. The van der Waals surface area contributed by atoms with Crippen LogP contribution in [0.4, 0.5) is 4.39 Å². The maximum atomic E-state index is 18.8. The maximum Gasteiger partial charge on any atom is 0.305 e. The fourth-order valence-electron chi connectivity index (χ4n) is 10.2. The lowest BCUT2D eigenvalue weighted by atomic mass is 9.85. The SMILES string of the molecule is COC(=O)CCCC=CC[C@H]1C(=O)C[C@@H](O[Si](c2ccccc2)(c2ccccc2)C(C)(C)C)[C@H]1CC(F)C(O[Si](c1ccccc1)(c1ccccc1)C(C)(C)C)c1cc2ccccc2s1. The van der Waals surface area contributed by atoms with E-state index in [1.807, 2.05) is 48.6 Å². The minimum atomic E-state index is -3.28. The zero-order valence-corrected chi connectivity index (χ0v) is 41.9. The van der Waals surface area contributed by atoms with Crippen LogP contribution in [0.2, 0.25) is 10.1 Å². The molecule has 0 bridgehead atoms. The highest BCUT2D eigenvalue weighted by molar-refractivity contribution is 7.19. The van der Waals surface area contributed by atoms with Crippen molar-refractivity contribution in [2.45, 2.75) is 109 Å². The van der Waals surface area contributed by atoms with Crippen LogP contribution in [0.3, 0.4) is 0 Å². The molecule has 1 aromatic heterocycles. The van der Waals surface area contributed by atoms with Crippen molar-refractivity contribution in [3.05, 3.63) is 169 Å².